The molecule has 31 heavy (non-hydrogen) atoms. The van der Waals surface area contributed by atoms with Gasteiger partial charge in [0.1, 0.15) is 0 Å². The summed E-state index contributed by atoms with van der Waals surface area (Å²) in [6.45, 7) is 3.32. The summed E-state index contributed by atoms with van der Waals surface area (Å²) in [4.78, 5) is 27.2. The van der Waals surface area contributed by atoms with Crippen LogP contribution >= 0.6 is 0 Å². The van der Waals surface area contributed by atoms with Crippen LogP contribution in [-0.4, -0.2) is 18.4 Å². The number of carbonyl (C=O) groups is 2. The van der Waals surface area contributed by atoms with Crippen LogP contribution in [0.25, 0.3) is 0 Å². The molecule has 158 valence electrons. The minimum absolute atomic E-state index is 0.0453. The Hall–Kier alpha value is -3.40. The van der Waals surface area contributed by atoms with Gasteiger partial charge < -0.3 is 10.2 Å². The maximum atomic E-state index is 13.3. The first-order valence-corrected chi connectivity index (χ1v) is 10.9. The number of hydrogen-bond acceptors (Lipinski definition) is 2. The van der Waals surface area contributed by atoms with E-state index in [2.05, 4.69) is 36.5 Å². The summed E-state index contributed by atoms with van der Waals surface area (Å²) in [6.07, 6.45) is 2.81. The van der Waals surface area contributed by atoms with Crippen LogP contribution in [0.2, 0.25) is 0 Å². The van der Waals surface area contributed by atoms with Crippen molar-refractivity contribution in [2.24, 2.45) is 5.92 Å². The zero-order valence-electron chi connectivity index (χ0n) is 17.9. The molecular weight excluding hydrogens is 384 g/mol. The Morgan fingerprint density at radius 2 is 1.52 bits per heavy atom. The van der Waals surface area contributed by atoms with Crippen LogP contribution in [0.1, 0.15) is 39.9 Å². The Balaban J connectivity index is 1.51. The van der Waals surface area contributed by atoms with Crippen molar-refractivity contribution in [1.82, 2.24) is 5.32 Å². The van der Waals surface area contributed by atoms with Crippen molar-refractivity contribution >= 4 is 17.5 Å². The van der Waals surface area contributed by atoms with E-state index in [0.29, 0.717) is 24.4 Å². The SMILES string of the molecule is Cc1ccc(CN(C(=O)c2ccccc2)c2ccc(CC(=O)NCC3CC3)cc2)cc1. The first-order chi connectivity index (χ1) is 15.1. The number of anilines is 1. The number of carbonyl (C=O) groups excluding carboxylic acids is 2. The minimum Gasteiger partial charge on any atom is -0.356 e. The summed E-state index contributed by atoms with van der Waals surface area (Å²) in [5.74, 6) is 0.679. The molecule has 0 aromatic heterocycles. The van der Waals surface area contributed by atoms with E-state index in [1.807, 2.05) is 54.6 Å². The van der Waals surface area contributed by atoms with Gasteiger partial charge in [-0.3, -0.25) is 9.59 Å². The van der Waals surface area contributed by atoms with E-state index in [4.69, 9.17) is 0 Å². The van der Waals surface area contributed by atoms with Gasteiger partial charge in [0.2, 0.25) is 5.91 Å². The average molecular weight is 413 g/mol. The Labute approximate surface area is 183 Å². The Kier molecular flexibility index (Phi) is 6.46. The van der Waals surface area contributed by atoms with Gasteiger partial charge in [0.05, 0.1) is 13.0 Å². The average Bonchev–Trinajstić information content (AvgIpc) is 3.63. The third-order valence-corrected chi connectivity index (χ3v) is 5.62. The molecule has 2 amide bonds. The van der Waals surface area contributed by atoms with Gasteiger partial charge in [-0.15, -0.1) is 0 Å². The second kappa shape index (κ2) is 9.61. The molecule has 0 unspecified atom stereocenters. The lowest BCUT2D eigenvalue weighted by Crippen LogP contribution is -2.30. The lowest BCUT2D eigenvalue weighted by atomic mass is 10.1. The second-order valence-corrected chi connectivity index (χ2v) is 8.33. The number of rotatable bonds is 8. The number of amides is 2. The summed E-state index contributed by atoms with van der Waals surface area (Å²) >= 11 is 0. The Bertz CT molecular complexity index is 1020. The van der Waals surface area contributed by atoms with Crippen molar-refractivity contribution in [2.45, 2.75) is 32.7 Å². The van der Waals surface area contributed by atoms with Crippen molar-refractivity contribution in [3.05, 3.63) is 101 Å². The van der Waals surface area contributed by atoms with Gasteiger partial charge in [-0.1, -0.05) is 60.2 Å². The third kappa shape index (κ3) is 5.82. The van der Waals surface area contributed by atoms with E-state index in [0.717, 1.165) is 23.4 Å². The molecule has 0 aliphatic heterocycles. The number of aryl methyl sites for hydroxylation is 1. The molecule has 1 fully saturated rings. The summed E-state index contributed by atoms with van der Waals surface area (Å²) in [7, 11) is 0. The van der Waals surface area contributed by atoms with E-state index in [1.165, 1.54) is 18.4 Å². The molecule has 3 aromatic carbocycles. The van der Waals surface area contributed by atoms with Gasteiger partial charge in [0, 0.05) is 17.8 Å². The lowest BCUT2D eigenvalue weighted by molar-refractivity contribution is -0.120. The zero-order chi connectivity index (χ0) is 21.6. The van der Waals surface area contributed by atoms with Crippen molar-refractivity contribution in [1.29, 1.82) is 0 Å². The molecule has 4 heteroatoms. The number of nitrogens with zero attached hydrogens (tertiary/aromatic N) is 1. The van der Waals surface area contributed by atoms with Gasteiger partial charge in [0.25, 0.3) is 5.91 Å². The van der Waals surface area contributed by atoms with E-state index < -0.39 is 0 Å². The molecule has 3 aromatic rings. The smallest absolute Gasteiger partial charge is 0.258 e. The van der Waals surface area contributed by atoms with E-state index >= 15 is 0 Å². The Morgan fingerprint density at radius 1 is 0.871 bits per heavy atom. The zero-order valence-corrected chi connectivity index (χ0v) is 17.9. The minimum atomic E-state index is -0.0453. The topological polar surface area (TPSA) is 49.4 Å². The van der Waals surface area contributed by atoms with Crippen molar-refractivity contribution in [3.8, 4) is 0 Å². The maximum absolute atomic E-state index is 13.3. The van der Waals surface area contributed by atoms with Crippen LogP contribution < -0.4 is 10.2 Å². The molecule has 4 nitrogen and oxygen atoms in total. The number of hydrogen-bond donors (Lipinski definition) is 1. The number of nitrogens with one attached hydrogen (secondary N) is 1. The molecule has 0 bridgehead atoms. The van der Waals surface area contributed by atoms with E-state index in [9.17, 15) is 9.59 Å². The molecule has 0 atom stereocenters. The lowest BCUT2D eigenvalue weighted by Gasteiger charge is -2.23. The highest BCUT2D eigenvalue weighted by Crippen LogP contribution is 2.27. The normalized spacial score (nSPS) is 12.9. The third-order valence-electron chi connectivity index (χ3n) is 5.62. The maximum Gasteiger partial charge on any atom is 0.258 e. The number of benzene rings is 3. The highest BCUT2D eigenvalue weighted by atomic mass is 16.2. The van der Waals surface area contributed by atoms with E-state index in [-0.39, 0.29) is 11.8 Å². The van der Waals surface area contributed by atoms with Gasteiger partial charge in [-0.05, 0) is 61.1 Å². The first kappa shape index (κ1) is 20.9. The van der Waals surface area contributed by atoms with Crippen molar-refractivity contribution in [2.75, 3.05) is 11.4 Å². The van der Waals surface area contributed by atoms with E-state index in [1.54, 1.807) is 4.90 Å². The summed E-state index contributed by atoms with van der Waals surface area (Å²) in [5.41, 5.74) is 4.67. The van der Waals surface area contributed by atoms with Crippen LogP contribution in [0, 0.1) is 12.8 Å². The fourth-order valence-electron chi connectivity index (χ4n) is 3.51. The molecule has 1 saturated carbocycles. The predicted molar refractivity (Wildman–Crippen MR) is 124 cm³/mol. The van der Waals surface area contributed by atoms with Crippen molar-refractivity contribution < 1.29 is 9.59 Å². The van der Waals surface area contributed by atoms with Gasteiger partial charge in [-0.25, -0.2) is 0 Å². The van der Waals surface area contributed by atoms with Crippen LogP contribution in [-0.2, 0) is 17.8 Å². The molecule has 1 aliphatic carbocycles. The fourth-order valence-corrected chi connectivity index (χ4v) is 3.51. The summed E-state index contributed by atoms with van der Waals surface area (Å²) in [5, 5.41) is 3.00. The quantitative estimate of drug-likeness (QED) is 0.571. The molecule has 1 N–H and O–H groups in total. The van der Waals surface area contributed by atoms with Gasteiger partial charge in [0.15, 0.2) is 0 Å². The molecule has 0 saturated heterocycles. The molecule has 0 radical (unpaired) electrons. The largest absolute Gasteiger partial charge is 0.356 e. The molecule has 0 spiro atoms. The van der Waals surface area contributed by atoms with Crippen LogP contribution in [0.15, 0.2) is 78.9 Å². The fraction of sp³-hybridized carbons (Fsp3) is 0.259. The second-order valence-electron chi connectivity index (χ2n) is 8.33. The first-order valence-electron chi connectivity index (χ1n) is 10.9. The van der Waals surface area contributed by atoms with Crippen molar-refractivity contribution in [3.63, 3.8) is 0 Å². The monoisotopic (exact) mass is 412 g/mol. The predicted octanol–water partition coefficient (Wildman–Crippen LogP) is 4.91. The Morgan fingerprint density at radius 3 is 2.16 bits per heavy atom. The molecule has 1 aliphatic rings. The standard InChI is InChI=1S/C27H28N2O2/c1-20-7-9-23(10-8-20)19-29(27(31)24-5-3-2-4-6-24)25-15-13-21(14-16-25)17-26(30)28-18-22-11-12-22/h2-10,13-16,22H,11-12,17-19H2,1H3,(H,28,30). The molecular formula is C27H28N2O2. The van der Waals surface area contributed by atoms with Crippen LogP contribution in [0.3, 0.4) is 0 Å². The molecule has 0 heterocycles. The van der Waals surface area contributed by atoms with Gasteiger partial charge in [-0.2, -0.15) is 0 Å². The summed E-state index contributed by atoms with van der Waals surface area (Å²) < 4.78 is 0. The van der Waals surface area contributed by atoms with Crippen LogP contribution in [0.4, 0.5) is 5.69 Å². The molecule has 4 rings (SSSR count). The summed E-state index contributed by atoms with van der Waals surface area (Å²) in [6, 6.07) is 25.3. The van der Waals surface area contributed by atoms with Gasteiger partial charge >= 0.3 is 0 Å². The highest BCUT2D eigenvalue weighted by molar-refractivity contribution is 6.06. The van der Waals surface area contributed by atoms with Crippen LogP contribution in [0.5, 0.6) is 0 Å². The highest BCUT2D eigenvalue weighted by Gasteiger charge is 2.22.